The molecule has 3 rings (SSSR count). The molecular weight excluding hydrogens is 272 g/mol. The maximum atomic E-state index is 12.3. The lowest BCUT2D eigenvalue weighted by atomic mass is 9.74. The molecule has 2 aliphatic carbocycles. The standard InChI is InChI=1S/C15H18N2O2S/c1-10-6-7-11(2)15(8-10)20(18,19)17-16-14-9-12-4-3-5-13(12)14/h3-4,6-8,12-13,17H,5,9H2,1-2H3/b16-14+. The number of nitrogens with zero attached hydrogens (tertiary/aromatic N) is 1. The molecule has 4 nitrogen and oxygen atoms in total. The van der Waals surface area contributed by atoms with E-state index in [9.17, 15) is 8.42 Å². The summed E-state index contributed by atoms with van der Waals surface area (Å²) in [6.45, 7) is 3.67. The van der Waals surface area contributed by atoms with Gasteiger partial charge in [0.1, 0.15) is 0 Å². The summed E-state index contributed by atoms with van der Waals surface area (Å²) >= 11 is 0. The van der Waals surface area contributed by atoms with Crippen LogP contribution in [0.15, 0.2) is 40.3 Å². The third kappa shape index (κ3) is 2.26. The molecule has 0 heterocycles. The number of hydrazone groups is 1. The van der Waals surface area contributed by atoms with Crippen molar-refractivity contribution in [3.63, 3.8) is 0 Å². The summed E-state index contributed by atoms with van der Waals surface area (Å²) in [7, 11) is -3.57. The molecule has 0 radical (unpaired) electrons. The summed E-state index contributed by atoms with van der Waals surface area (Å²) in [5.74, 6) is 0.982. The van der Waals surface area contributed by atoms with E-state index in [4.69, 9.17) is 0 Å². The second-order valence-electron chi connectivity index (χ2n) is 5.61. The van der Waals surface area contributed by atoms with Crippen LogP contribution in [0.1, 0.15) is 24.0 Å². The lowest BCUT2D eigenvalue weighted by Gasteiger charge is -2.31. The highest BCUT2D eigenvalue weighted by Gasteiger charge is 2.38. The number of benzene rings is 1. The highest BCUT2D eigenvalue weighted by molar-refractivity contribution is 7.89. The maximum absolute atomic E-state index is 12.3. The number of sulfonamides is 1. The molecule has 1 aromatic carbocycles. The van der Waals surface area contributed by atoms with Gasteiger partial charge in [0, 0.05) is 11.6 Å². The molecule has 2 unspecified atom stereocenters. The van der Waals surface area contributed by atoms with Gasteiger partial charge in [-0.3, -0.25) is 0 Å². The van der Waals surface area contributed by atoms with E-state index in [2.05, 4.69) is 22.1 Å². The van der Waals surface area contributed by atoms with Gasteiger partial charge in [-0.2, -0.15) is 13.5 Å². The number of rotatable bonds is 3. The maximum Gasteiger partial charge on any atom is 0.276 e. The van der Waals surface area contributed by atoms with E-state index < -0.39 is 10.0 Å². The van der Waals surface area contributed by atoms with Crippen LogP contribution >= 0.6 is 0 Å². The van der Waals surface area contributed by atoms with Crippen LogP contribution in [0.5, 0.6) is 0 Å². The third-order valence-electron chi connectivity index (χ3n) is 4.11. The Morgan fingerprint density at radius 3 is 2.85 bits per heavy atom. The molecule has 2 aliphatic rings. The van der Waals surface area contributed by atoms with Gasteiger partial charge in [-0.15, -0.1) is 0 Å². The number of allylic oxidation sites excluding steroid dienone is 2. The summed E-state index contributed by atoms with van der Waals surface area (Å²) in [4.78, 5) is 2.70. The van der Waals surface area contributed by atoms with Gasteiger partial charge >= 0.3 is 0 Å². The Morgan fingerprint density at radius 1 is 1.30 bits per heavy atom. The molecule has 0 amide bonds. The van der Waals surface area contributed by atoms with E-state index in [0.717, 1.165) is 29.7 Å². The normalized spacial score (nSPS) is 26.4. The number of hydrogen-bond donors (Lipinski definition) is 1. The van der Waals surface area contributed by atoms with Crippen LogP contribution < -0.4 is 4.83 Å². The topological polar surface area (TPSA) is 58.5 Å². The van der Waals surface area contributed by atoms with Crippen LogP contribution in [0.4, 0.5) is 0 Å². The van der Waals surface area contributed by atoms with Crippen molar-refractivity contribution in [3.05, 3.63) is 41.5 Å². The SMILES string of the molecule is Cc1ccc(C)c(S(=O)(=O)N/N=C2\CC3C=CCC23)c1. The molecule has 5 heteroatoms. The quantitative estimate of drug-likeness (QED) is 0.687. The third-order valence-corrected chi connectivity index (χ3v) is 5.46. The van der Waals surface area contributed by atoms with Gasteiger partial charge in [-0.25, -0.2) is 4.83 Å². The molecular formula is C15H18N2O2S. The highest BCUT2D eigenvalue weighted by Crippen LogP contribution is 2.40. The van der Waals surface area contributed by atoms with Crippen molar-refractivity contribution >= 4 is 15.7 Å². The zero-order valence-electron chi connectivity index (χ0n) is 11.6. The first-order valence-electron chi connectivity index (χ1n) is 6.79. The van der Waals surface area contributed by atoms with Crippen molar-refractivity contribution in [3.8, 4) is 0 Å². The smallest absolute Gasteiger partial charge is 0.200 e. The predicted molar refractivity (Wildman–Crippen MR) is 79.0 cm³/mol. The Bertz CT molecular complexity index is 705. The van der Waals surface area contributed by atoms with E-state index in [1.54, 1.807) is 13.0 Å². The first-order valence-corrected chi connectivity index (χ1v) is 8.28. The van der Waals surface area contributed by atoms with Gasteiger partial charge in [0.2, 0.25) is 0 Å². The van der Waals surface area contributed by atoms with Gasteiger partial charge in [0.25, 0.3) is 10.0 Å². The fourth-order valence-corrected chi connectivity index (χ4v) is 4.00. The van der Waals surface area contributed by atoms with Gasteiger partial charge in [-0.05, 0) is 49.8 Å². The van der Waals surface area contributed by atoms with Crippen LogP contribution in [0.2, 0.25) is 0 Å². The molecule has 1 N–H and O–H groups in total. The minimum Gasteiger partial charge on any atom is -0.200 e. The average molecular weight is 290 g/mol. The Labute approximate surface area is 119 Å². The molecule has 1 aromatic rings. The van der Waals surface area contributed by atoms with Crippen molar-refractivity contribution < 1.29 is 8.42 Å². The molecule has 2 atom stereocenters. The summed E-state index contributed by atoms with van der Waals surface area (Å²) < 4.78 is 24.6. The first-order chi connectivity index (χ1) is 9.47. The van der Waals surface area contributed by atoms with Crippen molar-refractivity contribution in [2.45, 2.75) is 31.6 Å². The Kier molecular flexibility index (Phi) is 3.17. The Balaban J connectivity index is 1.80. The number of fused-ring (bicyclic) bond motifs is 1. The van der Waals surface area contributed by atoms with Crippen LogP contribution in [0.3, 0.4) is 0 Å². The number of hydrogen-bond acceptors (Lipinski definition) is 3. The van der Waals surface area contributed by atoms with E-state index in [-0.39, 0.29) is 0 Å². The minimum absolute atomic E-state index is 0.308. The van der Waals surface area contributed by atoms with Crippen molar-refractivity contribution in [2.75, 3.05) is 0 Å². The fourth-order valence-electron chi connectivity index (χ4n) is 2.83. The zero-order chi connectivity index (χ0) is 14.3. The lowest BCUT2D eigenvalue weighted by molar-refractivity contribution is 0.463. The summed E-state index contributed by atoms with van der Waals surface area (Å²) in [5, 5.41) is 4.13. The molecule has 0 aliphatic heterocycles. The van der Waals surface area contributed by atoms with Crippen molar-refractivity contribution in [1.29, 1.82) is 0 Å². The van der Waals surface area contributed by atoms with E-state index in [1.807, 2.05) is 19.1 Å². The second-order valence-corrected chi connectivity index (χ2v) is 7.23. The Morgan fingerprint density at radius 2 is 2.10 bits per heavy atom. The summed E-state index contributed by atoms with van der Waals surface area (Å²) in [6.07, 6.45) is 6.20. The summed E-state index contributed by atoms with van der Waals surface area (Å²) in [5.41, 5.74) is 2.62. The lowest BCUT2D eigenvalue weighted by Crippen LogP contribution is -2.35. The summed E-state index contributed by atoms with van der Waals surface area (Å²) in [6, 6.07) is 5.40. The zero-order valence-corrected chi connectivity index (χ0v) is 12.4. The largest absolute Gasteiger partial charge is 0.276 e. The van der Waals surface area contributed by atoms with Gasteiger partial charge in [0.05, 0.1) is 4.90 Å². The van der Waals surface area contributed by atoms with Gasteiger partial charge < -0.3 is 0 Å². The molecule has 1 fully saturated rings. The van der Waals surface area contributed by atoms with E-state index in [0.29, 0.717) is 16.7 Å². The molecule has 0 bridgehead atoms. The van der Waals surface area contributed by atoms with Crippen LogP contribution in [-0.4, -0.2) is 14.1 Å². The second kappa shape index (κ2) is 4.74. The van der Waals surface area contributed by atoms with Crippen LogP contribution in [0.25, 0.3) is 0 Å². The van der Waals surface area contributed by atoms with Crippen LogP contribution in [-0.2, 0) is 10.0 Å². The fraction of sp³-hybridized carbons (Fsp3) is 0.400. The monoisotopic (exact) mass is 290 g/mol. The van der Waals surface area contributed by atoms with Crippen molar-refractivity contribution in [2.24, 2.45) is 16.9 Å². The van der Waals surface area contributed by atoms with Gasteiger partial charge in [0.15, 0.2) is 0 Å². The molecule has 1 saturated carbocycles. The first kappa shape index (κ1) is 13.4. The highest BCUT2D eigenvalue weighted by atomic mass is 32.2. The molecule has 0 aromatic heterocycles. The van der Waals surface area contributed by atoms with E-state index >= 15 is 0 Å². The molecule has 0 saturated heterocycles. The van der Waals surface area contributed by atoms with Crippen LogP contribution in [0, 0.1) is 25.7 Å². The number of nitrogens with one attached hydrogen (secondary N) is 1. The minimum atomic E-state index is -3.57. The predicted octanol–water partition coefficient (Wildman–Crippen LogP) is 2.53. The molecule has 20 heavy (non-hydrogen) atoms. The van der Waals surface area contributed by atoms with Crippen molar-refractivity contribution in [1.82, 2.24) is 4.83 Å². The average Bonchev–Trinajstić information content (AvgIpc) is 2.74. The molecule has 106 valence electrons. The van der Waals surface area contributed by atoms with E-state index in [1.165, 1.54) is 0 Å². The number of aryl methyl sites for hydroxylation is 2. The molecule has 0 spiro atoms. The van der Waals surface area contributed by atoms with Gasteiger partial charge in [-0.1, -0.05) is 24.3 Å². The Hall–Kier alpha value is -1.62.